The maximum atomic E-state index is 6.21. The van der Waals surface area contributed by atoms with Crippen LogP contribution in [0.1, 0.15) is 17.9 Å². The van der Waals surface area contributed by atoms with Gasteiger partial charge in [-0.1, -0.05) is 29.8 Å². The van der Waals surface area contributed by atoms with E-state index in [0.29, 0.717) is 5.92 Å². The number of nitrogen functional groups attached to an aromatic ring is 1. The Balaban J connectivity index is 1.75. The summed E-state index contributed by atoms with van der Waals surface area (Å²) in [6, 6.07) is 13.9. The molecule has 0 radical (unpaired) electrons. The van der Waals surface area contributed by atoms with Crippen LogP contribution in [-0.2, 0) is 0 Å². The number of halogens is 1. The minimum Gasteiger partial charge on any atom is -0.493 e. The van der Waals surface area contributed by atoms with Gasteiger partial charge in [-0.05, 0) is 36.2 Å². The minimum absolute atomic E-state index is 0.502. The molecule has 2 nitrogen and oxygen atoms in total. The van der Waals surface area contributed by atoms with Crippen molar-refractivity contribution in [2.75, 3.05) is 18.1 Å². The van der Waals surface area contributed by atoms with E-state index in [-0.39, 0.29) is 0 Å². The fraction of sp³-hybridized carbons (Fsp3) is 0.250. The molecule has 1 aliphatic heterocycles. The van der Waals surface area contributed by atoms with Crippen molar-refractivity contribution in [3.63, 3.8) is 0 Å². The number of nitrogens with two attached hydrogens (primary N) is 1. The van der Waals surface area contributed by atoms with Gasteiger partial charge in [0.2, 0.25) is 0 Å². The van der Waals surface area contributed by atoms with Gasteiger partial charge in [0, 0.05) is 22.3 Å². The van der Waals surface area contributed by atoms with Crippen LogP contribution in [0.5, 0.6) is 5.75 Å². The van der Waals surface area contributed by atoms with Crippen molar-refractivity contribution in [2.24, 2.45) is 0 Å². The molecule has 104 valence electrons. The van der Waals surface area contributed by atoms with Gasteiger partial charge < -0.3 is 10.5 Å². The zero-order valence-electron chi connectivity index (χ0n) is 11.0. The monoisotopic (exact) mass is 305 g/mol. The highest BCUT2D eigenvalue weighted by Gasteiger charge is 2.21. The van der Waals surface area contributed by atoms with Crippen molar-refractivity contribution in [1.29, 1.82) is 0 Å². The summed E-state index contributed by atoms with van der Waals surface area (Å²) in [6.45, 7) is 0.785. The van der Waals surface area contributed by atoms with Crippen molar-refractivity contribution >= 4 is 29.1 Å². The summed E-state index contributed by atoms with van der Waals surface area (Å²) in [4.78, 5) is 1.05. The summed E-state index contributed by atoms with van der Waals surface area (Å²) in [6.07, 6.45) is 1.05. The molecular formula is C16H16ClNOS. The standard InChI is InChI=1S/C16H16ClNOS/c17-14-6-5-12(18)9-16(14)20-10-11-7-8-19-15-4-2-1-3-13(11)15/h1-6,9,11H,7-8,10,18H2. The normalized spacial score (nSPS) is 17.4. The fourth-order valence-electron chi connectivity index (χ4n) is 2.41. The lowest BCUT2D eigenvalue weighted by Gasteiger charge is -2.25. The van der Waals surface area contributed by atoms with E-state index in [1.54, 1.807) is 11.8 Å². The summed E-state index contributed by atoms with van der Waals surface area (Å²) < 4.78 is 5.69. The lowest BCUT2D eigenvalue weighted by atomic mass is 9.95. The van der Waals surface area contributed by atoms with Crippen LogP contribution in [0.2, 0.25) is 5.02 Å². The van der Waals surface area contributed by atoms with Crippen molar-refractivity contribution in [3.05, 3.63) is 53.1 Å². The van der Waals surface area contributed by atoms with E-state index >= 15 is 0 Å². The fourth-order valence-corrected chi connectivity index (χ4v) is 3.84. The van der Waals surface area contributed by atoms with E-state index in [4.69, 9.17) is 22.1 Å². The Morgan fingerprint density at radius 1 is 1.25 bits per heavy atom. The van der Waals surface area contributed by atoms with Crippen molar-refractivity contribution in [2.45, 2.75) is 17.2 Å². The van der Waals surface area contributed by atoms with E-state index in [2.05, 4.69) is 12.1 Å². The first kappa shape index (κ1) is 13.7. The Morgan fingerprint density at radius 3 is 3.00 bits per heavy atom. The Kier molecular flexibility index (Phi) is 4.08. The van der Waals surface area contributed by atoms with Crippen LogP contribution in [0.3, 0.4) is 0 Å². The van der Waals surface area contributed by atoms with Crippen LogP contribution in [0.4, 0.5) is 5.69 Å². The van der Waals surface area contributed by atoms with Crippen LogP contribution < -0.4 is 10.5 Å². The molecule has 1 unspecified atom stereocenters. The van der Waals surface area contributed by atoms with E-state index in [1.165, 1.54) is 5.56 Å². The molecule has 0 aliphatic carbocycles. The molecule has 0 bridgehead atoms. The van der Waals surface area contributed by atoms with Gasteiger partial charge in [0.1, 0.15) is 5.75 Å². The summed E-state index contributed by atoms with van der Waals surface area (Å²) in [5.41, 5.74) is 7.87. The molecular weight excluding hydrogens is 290 g/mol. The Bertz CT molecular complexity index is 617. The van der Waals surface area contributed by atoms with Crippen LogP contribution in [0, 0.1) is 0 Å². The Labute approximate surface area is 128 Å². The summed E-state index contributed by atoms with van der Waals surface area (Å²) in [7, 11) is 0. The molecule has 0 saturated carbocycles. The molecule has 0 fully saturated rings. The SMILES string of the molecule is Nc1ccc(Cl)c(SCC2CCOc3ccccc32)c1. The Hall–Kier alpha value is -1.32. The molecule has 2 N–H and O–H groups in total. The number of benzene rings is 2. The second-order valence-corrected chi connectivity index (χ2v) is 6.34. The molecule has 0 spiro atoms. The number of para-hydroxylation sites is 1. The average molecular weight is 306 g/mol. The molecule has 2 aromatic rings. The van der Waals surface area contributed by atoms with Crippen LogP contribution in [0.15, 0.2) is 47.4 Å². The highest BCUT2D eigenvalue weighted by Crippen LogP contribution is 2.38. The smallest absolute Gasteiger partial charge is 0.122 e. The third kappa shape index (κ3) is 2.89. The van der Waals surface area contributed by atoms with Crippen molar-refractivity contribution < 1.29 is 4.74 Å². The molecule has 4 heteroatoms. The number of fused-ring (bicyclic) bond motifs is 1. The minimum atomic E-state index is 0.502. The van der Waals surface area contributed by atoms with E-state index in [1.807, 2.05) is 30.3 Å². The zero-order valence-corrected chi connectivity index (χ0v) is 12.6. The van der Waals surface area contributed by atoms with Gasteiger partial charge in [0.25, 0.3) is 0 Å². The molecule has 0 aromatic heterocycles. The van der Waals surface area contributed by atoms with Crippen molar-refractivity contribution in [1.82, 2.24) is 0 Å². The molecule has 1 aliphatic rings. The highest BCUT2D eigenvalue weighted by molar-refractivity contribution is 7.99. The van der Waals surface area contributed by atoms with E-state index in [9.17, 15) is 0 Å². The molecule has 0 amide bonds. The zero-order chi connectivity index (χ0) is 13.9. The van der Waals surface area contributed by atoms with E-state index in [0.717, 1.165) is 40.1 Å². The lowest BCUT2D eigenvalue weighted by Crippen LogP contribution is -2.15. The Morgan fingerprint density at radius 2 is 2.10 bits per heavy atom. The van der Waals surface area contributed by atoms with Crippen LogP contribution in [-0.4, -0.2) is 12.4 Å². The van der Waals surface area contributed by atoms with Crippen molar-refractivity contribution in [3.8, 4) is 5.75 Å². The predicted molar refractivity (Wildman–Crippen MR) is 85.9 cm³/mol. The lowest BCUT2D eigenvalue weighted by molar-refractivity contribution is 0.273. The molecule has 1 atom stereocenters. The van der Waals surface area contributed by atoms with Gasteiger partial charge in [-0.15, -0.1) is 11.8 Å². The molecule has 2 aromatic carbocycles. The summed E-state index contributed by atoms with van der Waals surface area (Å²) in [5, 5.41) is 0.768. The first-order valence-corrected chi connectivity index (χ1v) is 8.00. The maximum absolute atomic E-state index is 6.21. The third-order valence-electron chi connectivity index (χ3n) is 3.48. The summed E-state index contributed by atoms with van der Waals surface area (Å²) >= 11 is 7.98. The summed E-state index contributed by atoms with van der Waals surface area (Å²) in [5.74, 6) is 2.51. The predicted octanol–water partition coefficient (Wildman–Crippen LogP) is 4.58. The van der Waals surface area contributed by atoms with Gasteiger partial charge in [0.05, 0.1) is 11.6 Å². The average Bonchev–Trinajstić information content (AvgIpc) is 2.48. The first-order valence-electron chi connectivity index (χ1n) is 6.63. The first-order chi connectivity index (χ1) is 9.74. The molecule has 0 saturated heterocycles. The van der Waals surface area contributed by atoms with Gasteiger partial charge in [-0.2, -0.15) is 0 Å². The number of anilines is 1. The number of rotatable bonds is 3. The highest BCUT2D eigenvalue weighted by atomic mass is 35.5. The second kappa shape index (κ2) is 5.98. The van der Waals surface area contributed by atoms with Crippen LogP contribution >= 0.6 is 23.4 Å². The number of hydrogen-bond acceptors (Lipinski definition) is 3. The van der Waals surface area contributed by atoms with Gasteiger partial charge in [-0.25, -0.2) is 0 Å². The van der Waals surface area contributed by atoms with Gasteiger partial charge >= 0.3 is 0 Å². The number of hydrogen-bond donors (Lipinski definition) is 1. The number of thioether (sulfide) groups is 1. The second-order valence-electron chi connectivity index (χ2n) is 4.87. The van der Waals surface area contributed by atoms with Gasteiger partial charge in [0.15, 0.2) is 0 Å². The quantitative estimate of drug-likeness (QED) is 0.666. The van der Waals surface area contributed by atoms with Gasteiger partial charge in [-0.3, -0.25) is 0 Å². The molecule has 20 heavy (non-hydrogen) atoms. The number of ether oxygens (including phenoxy) is 1. The van der Waals surface area contributed by atoms with Crippen LogP contribution in [0.25, 0.3) is 0 Å². The topological polar surface area (TPSA) is 35.2 Å². The molecule has 3 rings (SSSR count). The largest absolute Gasteiger partial charge is 0.493 e. The maximum Gasteiger partial charge on any atom is 0.122 e. The molecule has 1 heterocycles. The van der Waals surface area contributed by atoms with E-state index < -0.39 is 0 Å². The third-order valence-corrected chi connectivity index (χ3v) is 5.14.